The van der Waals surface area contributed by atoms with E-state index in [0.717, 1.165) is 18.1 Å². The summed E-state index contributed by atoms with van der Waals surface area (Å²) in [6.45, 7) is 3.88. The van der Waals surface area contributed by atoms with Gasteiger partial charge in [0, 0.05) is 31.3 Å². The highest BCUT2D eigenvalue weighted by atomic mass is 16.5. The molecular formula is C14H18O4. The minimum absolute atomic E-state index is 0.553. The van der Waals surface area contributed by atoms with Gasteiger partial charge >= 0.3 is 5.97 Å². The molecule has 0 aliphatic heterocycles. The van der Waals surface area contributed by atoms with Gasteiger partial charge in [0.1, 0.15) is 5.75 Å². The zero-order valence-electron chi connectivity index (χ0n) is 10.5. The second-order valence-corrected chi connectivity index (χ2v) is 3.61. The van der Waals surface area contributed by atoms with E-state index in [-0.39, 0.29) is 0 Å². The van der Waals surface area contributed by atoms with Crippen molar-refractivity contribution in [1.82, 2.24) is 0 Å². The third kappa shape index (κ3) is 5.50. The van der Waals surface area contributed by atoms with Crippen molar-refractivity contribution in [1.29, 1.82) is 0 Å². The lowest BCUT2D eigenvalue weighted by Gasteiger charge is -2.08. The van der Waals surface area contributed by atoms with Gasteiger partial charge in [0.15, 0.2) is 0 Å². The van der Waals surface area contributed by atoms with Crippen LogP contribution in [0.3, 0.4) is 0 Å². The Morgan fingerprint density at radius 1 is 1.33 bits per heavy atom. The van der Waals surface area contributed by atoms with Crippen molar-refractivity contribution in [2.75, 3.05) is 19.8 Å². The zero-order chi connectivity index (χ0) is 13.2. The van der Waals surface area contributed by atoms with Crippen molar-refractivity contribution in [2.45, 2.75) is 13.3 Å². The summed E-state index contributed by atoms with van der Waals surface area (Å²) in [5, 5.41) is 8.59. The third-order valence-electron chi connectivity index (χ3n) is 2.22. The van der Waals surface area contributed by atoms with Crippen LogP contribution in [0.1, 0.15) is 18.9 Å². The van der Waals surface area contributed by atoms with Gasteiger partial charge < -0.3 is 14.6 Å². The summed E-state index contributed by atoms with van der Waals surface area (Å²) in [5.74, 6) is -0.285. The lowest BCUT2D eigenvalue weighted by atomic mass is 10.2. The first-order chi connectivity index (χ1) is 8.74. The molecule has 0 aliphatic rings. The van der Waals surface area contributed by atoms with Crippen molar-refractivity contribution in [3.05, 3.63) is 35.9 Å². The molecule has 1 aromatic rings. The van der Waals surface area contributed by atoms with Crippen molar-refractivity contribution in [3.8, 4) is 5.75 Å². The minimum atomic E-state index is -0.971. The van der Waals surface area contributed by atoms with Crippen LogP contribution >= 0.6 is 0 Å². The highest BCUT2D eigenvalue weighted by Gasteiger charge is 2.00. The molecular weight excluding hydrogens is 232 g/mol. The Hall–Kier alpha value is -1.81. The number of hydrogen-bond acceptors (Lipinski definition) is 3. The fraction of sp³-hybridized carbons (Fsp3) is 0.357. The van der Waals surface area contributed by atoms with Crippen LogP contribution in [0.2, 0.25) is 0 Å². The van der Waals surface area contributed by atoms with Crippen molar-refractivity contribution >= 4 is 12.0 Å². The van der Waals surface area contributed by atoms with Gasteiger partial charge in [0.05, 0.1) is 6.61 Å². The molecule has 4 nitrogen and oxygen atoms in total. The molecule has 0 heterocycles. The van der Waals surface area contributed by atoms with Gasteiger partial charge in [-0.15, -0.1) is 0 Å². The maximum absolute atomic E-state index is 10.5. The van der Waals surface area contributed by atoms with E-state index < -0.39 is 5.97 Å². The van der Waals surface area contributed by atoms with Gasteiger partial charge in [-0.05, 0) is 19.1 Å². The molecule has 0 fully saturated rings. The number of para-hydroxylation sites is 1. The van der Waals surface area contributed by atoms with Crippen LogP contribution in [0.5, 0.6) is 5.75 Å². The second-order valence-electron chi connectivity index (χ2n) is 3.61. The smallest absolute Gasteiger partial charge is 0.328 e. The van der Waals surface area contributed by atoms with E-state index in [1.54, 1.807) is 0 Å². The molecule has 0 amide bonds. The first kappa shape index (κ1) is 14.3. The monoisotopic (exact) mass is 250 g/mol. The molecule has 0 atom stereocenters. The molecule has 0 aromatic heterocycles. The van der Waals surface area contributed by atoms with E-state index >= 15 is 0 Å². The quantitative estimate of drug-likeness (QED) is 0.569. The number of hydrogen-bond donors (Lipinski definition) is 1. The summed E-state index contributed by atoms with van der Waals surface area (Å²) in [5.41, 5.74) is 0.760. The molecule has 4 heteroatoms. The molecule has 0 bridgehead atoms. The zero-order valence-corrected chi connectivity index (χ0v) is 10.5. The molecule has 0 unspecified atom stereocenters. The van der Waals surface area contributed by atoms with Gasteiger partial charge in [-0.25, -0.2) is 4.79 Å². The Bertz CT molecular complexity index is 399. The molecule has 1 N–H and O–H groups in total. The molecule has 1 aromatic carbocycles. The van der Waals surface area contributed by atoms with Crippen LogP contribution in [0, 0.1) is 0 Å². The maximum Gasteiger partial charge on any atom is 0.328 e. The summed E-state index contributed by atoms with van der Waals surface area (Å²) in [7, 11) is 0. The van der Waals surface area contributed by atoms with Crippen LogP contribution in [-0.4, -0.2) is 30.9 Å². The van der Waals surface area contributed by atoms with Gasteiger partial charge in [-0.3, -0.25) is 0 Å². The number of carbonyl (C=O) groups is 1. The van der Waals surface area contributed by atoms with Crippen LogP contribution in [-0.2, 0) is 9.53 Å². The third-order valence-corrected chi connectivity index (χ3v) is 2.22. The molecule has 0 saturated heterocycles. The summed E-state index contributed by atoms with van der Waals surface area (Å²) in [6.07, 6.45) is 3.44. The number of benzene rings is 1. The first-order valence-corrected chi connectivity index (χ1v) is 5.94. The number of ether oxygens (including phenoxy) is 2. The predicted octanol–water partition coefficient (Wildman–Crippen LogP) is 2.59. The topological polar surface area (TPSA) is 55.8 Å². The Morgan fingerprint density at radius 2 is 2.11 bits per heavy atom. The fourth-order valence-electron chi connectivity index (χ4n) is 1.40. The molecule has 18 heavy (non-hydrogen) atoms. The molecule has 0 aliphatic carbocycles. The Morgan fingerprint density at radius 3 is 2.83 bits per heavy atom. The van der Waals surface area contributed by atoms with E-state index in [9.17, 15) is 4.79 Å². The Balaban J connectivity index is 2.51. The van der Waals surface area contributed by atoms with Gasteiger partial charge in [-0.1, -0.05) is 18.2 Å². The summed E-state index contributed by atoms with van der Waals surface area (Å²) in [6, 6.07) is 7.34. The van der Waals surface area contributed by atoms with Crippen molar-refractivity contribution in [3.63, 3.8) is 0 Å². The van der Waals surface area contributed by atoms with E-state index in [1.807, 2.05) is 31.2 Å². The van der Waals surface area contributed by atoms with E-state index in [0.29, 0.717) is 25.6 Å². The SMILES string of the molecule is CCOCCCOc1ccccc1C=CC(=O)O. The molecule has 0 saturated carbocycles. The lowest BCUT2D eigenvalue weighted by molar-refractivity contribution is -0.131. The highest BCUT2D eigenvalue weighted by molar-refractivity contribution is 5.85. The van der Waals surface area contributed by atoms with Crippen molar-refractivity contribution < 1.29 is 19.4 Å². The summed E-state index contributed by atoms with van der Waals surface area (Å²) < 4.78 is 10.8. The number of rotatable bonds is 8. The van der Waals surface area contributed by atoms with E-state index in [4.69, 9.17) is 14.6 Å². The average molecular weight is 250 g/mol. The second kappa shape index (κ2) is 8.31. The van der Waals surface area contributed by atoms with Crippen LogP contribution in [0.15, 0.2) is 30.3 Å². The average Bonchev–Trinajstić information content (AvgIpc) is 2.37. The highest BCUT2D eigenvalue weighted by Crippen LogP contribution is 2.19. The summed E-state index contributed by atoms with van der Waals surface area (Å²) >= 11 is 0. The molecule has 98 valence electrons. The number of carboxylic acids is 1. The van der Waals surface area contributed by atoms with E-state index in [2.05, 4.69) is 0 Å². The Labute approximate surface area is 107 Å². The van der Waals surface area contributed by atoms with Gasteiger partial charge in [-0.2, -0.15) is 0 Å². The molecule has 0 spiro atoms. The van der Waals surface area contributed by atoms with Crippen LogP contribution < -0.4 is 4.74 Å². The lowest BCUT2D eigenvalue weighted by Crippen LogP contribution is -2.03. The molecule has 1 rings (SSSR count). The number of aliphatic carboxylic acids is 1. The van der Waals surface area contributed by atoms with Gasteiger partial charge in [0.25, 0.3) is 0 Å². The normalized spacial score (nSPS) is 10.7. The van der Waals surface area contributed by atoms with E-state index in [1.165, 1.54) is 6.08 Å². The maximum atomic E-state index is 10.5. The van der Waals surface area contributed by atoms with Crippen LogP contribution in [0.4, 0.5) is 0 Å². The number of carboxylic acid groups (broad SMARTS) is 1. The fourth-order valence-corrected chi connectivity index (χ4v) is 1.40. The first-order valence-electron chi connectivity index (χ1n) is 5.94. The van der Waals surface area contributed by atoms with Crippen molar-refractivity contribution in [2.24, 2.45) is 0 Å². The molecule has 0 radical (unpaired) electrons. The Kier molecular flexibility index (Phi) is 6.58. The standard InChI is InChI=1S/C14H18O4/c1-2-17-10-5-11-18-13-7-4-3-6-12(13)8-9-14(15)16/h3-4,6-9H,2,5,10-11H2,1H3,(H,15,16). The predicted molar refractivity (Wildman–Crippen MR) is 69.7 cm³/mol. The van der Waals surface area contributed by atoms with Crippen LogP contribution in [0.25, 0.3) is 6.08 Å². The largest absolute Gasteiger partial charge is 0.493 e. The minimum Gasteiger partial charge on any atom is -0.493 e. The summed E-state index contributed by atoms with van der Waals surface area (Å²) in [4.78, 5) is 10.5. The van der Waals surface area contributed by atoms with Gasteiger partial charge in [0.2, 0.25) is 0 Å².